The molecule has 1 unspecified atom stereocenters. The summed E-state index contributed by atoms with van der Waals surface area (Å²) in [6, 6.07) is 7.67. The van der Waals surface area contributed by atoms with Gasteiger partial charge in [-0.3, -0.25) is 0 Å². The Morgan fingerprint density at radius 2 is 2.11 bits per heavy atom. The summed E-state index contributed by atoms with van der Waals surface area (Å²) in [4.78, 5) is 0. The topological polar surface area (TPSA) is 42.6 Å². The van der Waals surface area contributed by atoms with Crippen molar-refractivity contribution in [3.05, 3.63) is 51.9 Å². The number of aliphatic hydroxyl groups is 1. The second-order valence-electron chi connectivity index (χ2n) is 4.34. The Bertz CT molecular complexity index is 562. The number of aryl methyl sites for hydroxylation is 1. The molecule has 0 saturated carbocycles. The van der Waals surface area contributed by atoms with Crippen molar-refractivity contribution in [3.63, 3.8) is 0 Å². The molecule has 1 N–H and O–H groups in total. The van der Waals surface area contributed by atoms with Gasteiger partial charge in [-0.1, -0.05) is 18.2 Å². The standard InChI is InChI=1S/C14H13BrO3/c15-14-11(6-8-18-14)12(16)10-5-1-3-9-4-2-7-17-13(9)10/h1,3,5-6,8,12,16H,2,4,7H2. The summed E-state index contributed by atoms with van der Waals surface area (Å²) < 4.78 is 11.4. The number of hydrogen-bond acceptors (Lipinski definition) is 3. The molecule has 0 fully saturated rings. The Kier molecular flexibility index (Phi) is 3.14. The van der Waals surface area contributed by atoms with Crippen molar-refractivity contribution in [1.29, 1.82) is 0 Å². The minimum Gasteiger partial charge on any atom is -0.493 e. The first-order chi connectivity index (χ1) is 8.77. The van der Waals surface area contributed by atoms with Gasteiger partial charge in [-0.15, -0.1) is 0 Å². The Morgan fingerprint density at radius 1 is 1.22 bits per heavy atom. The van der Waals surface area contributed by atoms with Crippen LogP contribution in [0.5, 0.6) is 5.75 Å². The monoisotopic (exact) mass is 308 g/mol. The van der Waals surface area contributed by atoms with E-state index >= 15 is 0 Å². The molecular formula is C14H13BrO3. The molecule has 1 aromatic heterocycles. The van der Waals surface area contributed by atoms with E-state index in [9.17, 15) is 5.11 Å². The predicted molar refractivity (Wildman–Crippen MR) is 70.7 cm³/mol. The maximum Gasteiger partial charge on any atom is 0.175 e. The smallest absolute Gasteiger partial charge is 0.175 e. The first-order valence-corrected chi connectivity index (χ1v) is 6.72. The third kappa shape index (κ3) is 1.95. The highest BCUT2D eigenvalue weighted by atomic mass is 79.9. The quantitative estimate of drug-likeness (QED) is 0.924. The molecule has 0 saturated heterocycles. The maximum absolute atomic E-state index is 10.4. The van der Waals surface area contributed by atoms with Gasteiger partial charge >= 0.3 is 0 Å². The number of para-hydroxylation sites is 1. The molecule has 2 heterocycles. The van der Waals surface area contributed by atoms with Crippen LogP contribution in [0.15, 0.2) is 39.6 Å². The van der Waals surface area contributed by atoms with E-state index in [0.29, 0.717) is 11.3 Å². The summed E-state index contributed by atoms with van der Waals surface area (Å²) in [7, 11) is 0. The summed E-state index contributed by atoms with van der Waals surface area (Å²) in [6.45, 7) is 0.712. The summed E-state index contributed by atoms with van der Waals surface area (Å²) >= 11 is 3.29. The fraction of sp³-hybridized carbons (Fsp3) is 0.286. The summed E-state index contributed by atoms with van der Waals surface area (Å²) in [5.74, 6) is 0.823. The predicted octanol–water partition coefficient (Wildman–Crippen LogP) is 3.45. The van der Waals surface area contributed by atoms with Crippen LogP contribution >= 0.6 is 15.9 Å². The average molecular weight is 309 g/mol. The molecule has 4 heteroatoms. The van der Waals surface area contributed by atoms with Crippen LogP contribution in [0, 0.1) is 0 Å². The molecule has 94 valence electrons. The van der Waals surface area contributed by atoms with Gasteiger partial charge in [0.2, 0.25) is 0 Å². The van der Waals surface area contributed by atoms with Gasteiger partial charge in [-0.05, 0) is 40.4 Å². The number of halogens is 1. The molecule has 1 aromatic carbocycles. The number of ether oxygens (including phenoxy) is 1. The Labute approximate surface area is 114 Å². The van der Waals surface area contributed by atoms with Gasteiger partial charge < -0.3 is 14.3 Å². The minimum atomic E-state index is -0.730. The van der Waals surface area contributed by atoms with Gasteiger partial charge in [0.25, 0.3) is 0 Å². The van der Waals surface area contributed by atoms with Crippen LogP contribution in [0.1, 0.15) is 29.2 Å². The molecule has 18 heavy (non-hydrogen) atoms. The van der Waals surface area contributed by atoms with Crippen LogP contribution in [0.2, 0.25) is 0 Å². The van der Waals surface area contributed by atoms with Gasteiger partial charge in [0.1, 0.15) is 11.9 Å². The second-order valence-corrected chi connectivity index (χ2v) is 5.06. The van der Waals surface area contributed by atoms with E-state index in [0.717, 1.165) is 35.3 Å². The number of rotatable bonds is 2. The molecule has 0 spiro atoms. The summed E-state index contributed by atoms with van der Waals surface area (Å²) in [5.41, 5.74) is 2.68. The fourth-order valence-corrected chi connectivity index (χ4v) is 2.75. The molecule has 0 aliphatic carbocycles. The fourth-order valence-electron chi connectivity index (χ4n) is 2.30. The van der Waals surface area contributed by atoms with Crippen LogP contribution in [-0.2, 0) is 6.42 Å². The van der Waals surface area contributed by atoms with Crippen LogP contribution in [0.4, 0.5) is 0 Å². The number of fused-ring (bicyclic) bond motifs is 1. The number of aliphatic hydroxyl groups excluding tert-OH is 1. The molecule has 0 radical (unpaired) electrons. The van der Waals surface area contributed by atoms with Crippen molar-refractivity contribution in [2.45, 2.75) is 18.9 Å². The van der Waals surface area contributed by atoms with Crippen molar-refractivity contribution in [3.8, 4) is 5.75 Å². The SMILES string of the molecule is OC(c1ccoc1Br)c1cccc2c1OCCC2. The van der Waals surface area contributed by atoms with Gasteiger partial charge in [-0.2, -0.15) is 0 Å². The average Bonchev–Trinajstić information content (AvgIpc) is 2.83. The van der Waals surface area contributed by atoms with Crippen LogP contribution in [0.3, 0.4) is 0 Å². The first-order valence-electron chi connectivity index (χ1n) is 5.93. The lowest BCUT2D eigenvalue weighted by Gasteiger charge is -2.22. The highest BCUT2D eigenvalue weighted by Crippen LogP contribution is 2.37. The zero-order valence-corrected chi connectivity index (χ0v) is 11.3. The van der Waals surface area contributed by atoms with E-state index in [1.165, 1.54) is 0 Å². The van der Waals surface area contributed by atoms with Gasteiger partial charge in [-0.25, -0.2) is 0 Å². The zero-order valence-electron chi connectivity index (χ0n) is 9.73. The van der Waals surface area contributed by atoms with E-state index in [2.05, 4.69) is 22.0 Å². The Balaban J connectivity index is 2.04. The van der Waals surface area contributed by atoms with Crippen molar-refractivity contribution < 1.29 is 14.3 Å². The van der Waals surface area contributed by atoms with Crippen molar-refractivity contribution in [1.82, 2.24) is 0 Å². The zero-order chi connectivity index (χ0) is 12.5. The molecule has 0 bridgehead atoms. The normalized spacial score (nSPS) is 15.9. The van der Waals surface area contributed by atoms with E-state index in [4.69, 9.17) is 9.15 Å². The number of hydrogen-bond donors (Lipinski definition) is 1. The number of furan rings is 1. The van der Waals surface area contributed by atoms with Crippen LogP contribution < -0.4 is 4.74 Å². The van der Waals surface area contributed by atoms with Crippen molar-refractivity contribution in [2.24, 2.45) is 0 Å². The van der Waals surface area contributed by atoms with Gasteiger partial charge in [0.15, 0.2) is 4.67 Å². The van der Waals surface area contributed by atoms with Crippen LogP contribution in [0.25, 0.3) is 0 Å². The van der Waals surface area contributed by atoms with E-state index in [-0.39, 0.29) is 0 Å². The third-order valence-corrected chi connectivity index (χ3v) is 3.84. The van der Waals surface area contributed by atoms with Crippen molar-refractivity contribution in [2.75, 3.05) is 6.61 Å². The van der Waals surface area contributed by atoms with Gasteiger partial charge in [0.05, 0.1) is 12.9 Å². The lowest BCUT2D eigenvalue weighted by atomic mass is 9.97. The number of benzene rings is 1. The van der Waals surface area contributed by atoms with Crippen molar-refractivity contribution >= 4 is 15.9 Å². The Morgan fingerprint density at radius 3 is 2.89 bits per heavy atom. The van der Waals surface area contributed by atoms with E-state index in [1.807, 2.05) is 12.1 Å². The summed E-state index contributed by atoms with van der Waals surface area (Å²) in [5, 5.41) is 10.4. The molecule has 1 atom stereocenters. The minimum absolute atomic E-state index is 0.559. The van der Waals surface area contributed by atoms with E-state index < -0.39 is 6.10 Å². The lowest BCUT2D eigenvalue weighted by molar-refractivity contribution is 0.205. The van der Waals surface area contributed by atoms with E-state index in [1.54, 1.807) is 12.3 Å². The lowest BCUT2D eigenvalue weighted by Crippen LogP contribution is -2.12. The van der Waals surface area contributed by atoms with Crippen LogP contribution in [-0.4, -0.2) is 11.7 Å². The highest BCUT2D eigenvalue weighted by Gasteiger charge is 2.23. The first kappa shape index (κ1) is 11.8. The van der Waals surface area contributed by atoms with Gasteiger partial charge in [0, 0.05) is 11.1 Å². The molecule has 0 amide bonds. The third-order valence-electron chi connectivity index (χ3n) is 3.20. The molecule has 3 nitrogen and oxygen atoms in total. The molecule has 3 rings (SSSR count). The Hall–Kier alpha value is -1.26. The molecule has 2 aromatic rings. The maximum atomic E-state index is 10.4. The highest BCUT2D eigenvalue weighted by molar-refractivity contribution is 9.10. The molecule has 1 aliphatic heterocycles. The molecule has 1 aliphatic rings. The summed E-state index contributed by atoms with van der Waals surface area (Å²) in [6.07, 6.45) is 2.86. The molecular weight excluding hydrogens is 296 g/mol. The second kappa shape index (κ2) is 4.78. The largest absolute Gasteiger partial charge is 0.493 e.